The van der Waals surface area contributed by atoms with E-state index in [1.165, 1.54) is 5.56 Å². The maximum atomic E-state index is 12.3. The molecule has 0 amide bonds. The van der Waals surface area contributed by atoms with Gasteiger partial charge in [-0.3, -0.25) is 9.69 Å². The molecule has 0 aromatic heterocycles. The van der Waals surface area contributed by atoms with Crippen molar-refractivity contribution in [1.82, 2.24) is 4.90 Å². The van der Waals surface area contributed by atoms with Crippen LogP contribution >= 0.6 is 0 Å². The predicted octanol–water partition coefficient (Wildman–Crippen LogP) is 2.26. The van der Waals surface area contributed by atoms with E-state index < -0.39 is 0 Å². The molecule has 108 valence electrons. The monoisotopic (exact) mass is 273 g/mol. The van der Waals surface area contributed by atoms with Gasteiger partial charge in [-0.05, 0) is 23.8 Å². The highest BCUT2D eigenvalue weighted by Crippen LogP contribution is 2.47. The molecule has 3 heteroatoms. The molecule has 1 aromatic rings. The maximum absolute atomic E-state index is 12.3. The quantitative estimate of drug-likeness (QED) is 0.842. The van der Waals surface area contributed by atoms with Crippen LogP contribution in [0.1, 0.15) is 25.3 Å². The molecule has 0 atom stereocenters. The number of morpholine rings is 1. The minimum atomic E-state index is 0.201. The lowest BCUT2D eigenvalue weighted by Gasteiger charge is -2.45. The molecule has 1 aliphatic carbocycles. The van der Waals surface area contributed by atoms with Gasteiger partial charge in [-0.25, -0.2) is 0 Å². The van der Waals surface area contributed by atoms with Crippen molar-refractivity contribution in [2.45, 2.75) is 25.2 Å². The van der Waals surface area contributed by atoms with Crippen LogP contribution in [0.2, 0.25) is 0 Å². The molecule has 0 bridgehead atoms. The Bertz CT molecular complexity index is 459. The number of Topliss-reactive ketones (excluding diaryl/α,β-unsaturated/α-hetero) is 1. The number of carbonyl (C=O) groups excluding carboxylic acids is 1. The van der Waals surface area contributed by atoms with Gasteiger partial charge in [0, 0.05) is 19.0 Å². The summed E-state index contributed by atoms with van der Waals surface area (Å²) in [5, 5.41) is 0. The number of ether oxygens (including phenoxy) is 1. The number of rotatable bonds is 4. The van der Waals surface area contributed by atoms with Crippen molar-refractivity contribution in [2.24, 2.45) is 5.92 Å². The number of nitrogens with zero attached hydrogens (tertiary/aromatic N) is 1. The zero-order chi connectivity index (χ0) is 14.0. The van der Waals surface area contributed by atoms with Gasteiger partial charge in [0.25, 0.3) is 0 Å². The SMILES string of the molecule is CC1(c2ccccc2)CC(C(=O)CN2CCOCC2)C1. The van der Waals surface area contributed by atoms with Gasteiger partial charge in [0.2, 0.25) is 0 Å². The summed E-state index contributed by atoms with van der Waals surface area (Å²) in [6.45, 7) is 6.21. The molecule has 1 saturated heterocycles. The van der Waals surface area contributed by atoms with Crippen LogP contribution in [0.5, 0.6) is 0 Å². The Kier molecular flexibility index (Phi) is 3.90. The van der Waals surface area contributed by atoms with Gasteiger partial charge in [0.05, 0.1) is 19.8 Å². The molecule has 1 aliphatic heterocycles. The average Bonchev–Trinajstić information content (AvgIpc) is 2.46. The third-order valence-electron chi connectivity index (χ3n) is 4.80. The van der Waals surface area contributed by atoms with Crippen LogP contribution in [0.4, 0.5) is 0 Å². The summed E-state index contributed by atoms with van der Waals surface area (Å²) in [7, 11) is 0. The zero-order valence-electron chi connectivity index (χ0n) is 12.2. The molecule has 1 heterocycles. The van der Waals surface area contributed by atoms with Crippen molar-refractivity contribution in [2.75, 3.05) is 32.8 Å². The van der Waals surface area contributed by atoms with E-state index in [1.54, 1.807) is 0 Å². The Morgan fingerprint density at radius 3 is 2.55 bits per heavy atom. The highest BCUT2D eigenvalue weighted by molar-refractivity contribution is 5.84. The van der Waals surface area contributed by atoms with Crippen molar-refractivity contribution >= 4 is 5.78 Å². The van der Waals surface area contributed by atoms with E-state index in [9.17, 15) is 4.79 Å². The summed E-state index contributed by atoms with van der Waals surface area (Å²) in [6, 6.07) is 10.6. The molecule has 0 radical (unpaired) electrons. The lowest BCUT2D eigenvalue weighted by atomic mass is 9.58. The fraction of sp³-hybridized carbons (Fsp3) is 0.588. The fourth-order valence-corrected chi connectivity index (χ4v) is 3.44. The second-order valence-electron chi connectivity index (χ2n) is 6.39. The minimum absolute atomic E-state index is 0.201. The number of benzene rings is 1. The van der Waals surface area contributed by atoms with E-state index in [-0.39, 0.29) is 11.3 Å². The first-order chi connectivity index (χ1) is 9.67. The van der Waals surface area contributed by atoms with Crippen LogP contribution in [0.25, 0.3) is 0 Å². The summed E-state index contributed by atoms with van der Waals surface area (Å²) in [5.41, 5.74) is 1.57. The van der Waals surface area contributed by atoms with Crippen LogP contribution in [0.3, 0.4) is 0 Å². The summed E-state index contributed by atoms with van der Waals surface area (Å²) in [6.07, 6.45) is 2.00. The zero-order valence-corrected chi connectivity index (χ0v) is 12.2. The summed E-state index contributed by atoms with van der Waals surface area (Å²) in [5.74, 6) is 0.670. The third-order valence-corrected chi connectivity index (χ3v) is 4.80. The van der Waals surface area contributed by atoms with Gasteiger partial charge in [-0.2, -0.15) is 0 Å². The van der Waals surface area contributed by atoms with Crippen LogP contribution in [-0.2, 0) is 14.9 Å². The smallest absolute Gasteiger partial charge is 0.149 e. The van der Waals surface area contributed by atoms with E-state index in [4.69, 9.17) is 4.74 Å². The van der Waals surface area contributed by atoms with E-state index in [1.807, 2.05) is 6.07 Å². The maximum Gasteiger partial charge on any atom is 0.149 e. The Hall–Kier alpha value is -1.19. The summed E-state index contributed by atoms with van der Waals surface area (Å²) < 4.78 is 5.32. The summed E-state index contributed by atoms with van der Waals surface area (Å²) >= 11 is 0. The second-order valence-corrected chi connectivity index (χ2v) is 6.39. The lowest BCUT2D eigenvalue weighted by molar-refractivity contribution is -0.129. The molecule has 2 aliphatic rings. The normalized spacial score (nSPS) is 30.8. The van der Waals surface area contributed by atoms with Gasteiger partial charge in [0.1, 0.15) is 5.78 Å². The van der Waals surface area contributed by atoms with Gasteiger partial charge in [-0.1, -0.05) is 37.3 Å². The van der Waals surface area contributed by atoms with Gasteiger partial charge in [0.15, 0.2) is 0 Å². The van der Waals surface area contributed by atoms with Crippen molar-refractivity contribution in [3.05, 3.63) is 35.9 Å². The molecule has 0 unspecified atom stereocenters. The standard InChI is InChI=1S/C17H23NO2/c1-17(15-5-3-2-4-6-15)11-14(12-17)16(19)13-18-7-9-20-10-8-18/h2-6,14H,7-13H2,1H3. The van der Waals surface area contributed by atoms with Crippen molar-refractivity contribution < 1.29 is 9.53 Å². The highest BCUT2D eigenvalue weighted by Gasteiger charge is 2.44. The molecule has 20 heavy (non-hydrogen) atoms. The van der Waals surface area contributed by atoms with E-state index in [2.05, 4.69) is 36.1 Å². The third kappa shape index (κ3) is 2.79. The Morgan fingerprint density at radius 2 is 1.90 bits per heavy atom. The molecule has 3 nitrogen and oxygen atoms in total. The van der Waals surface area contributed by atoms with Crippen molar-refractivity contribution in [1.29, 1.82) is 0 Å². The Balaban J connectivity index is 1.53. The molecule has 1 aromatic carbocycles. The fourth-order valence-electron chi connectivity index (χ4n) is 3.44. The number of hydrogen-bond donors (Lipinski definition) is 0. The molecule has 0 spiro atoms. The highest BCUT2D eigenvalue weighted by atomic mass is 16.5. The Morgan fingerprint density at radius 1 is 1.25 bits per heavy atom. The lowest BCUT2D eigenvalue weighted by Crippen LogP contribution is -2.47. The van der Waals surface area contributed by atoms with Crippen LogP contribution in [0, 0.1) is 5.92 Å². The van der Waals surface area contributed by atoms with Crippen LogP contribution in [-0.4, -0.2) is 43.5 Å². The van der Waals surface area contributed by atoms with Gasteiger partial charge < -0.3 is 4.74 Å². The molecule has 2 fully saturated rings. The van der Waals surface area contributed by atoms with Gasteiger partial charge in [-0.15, -0.1) is 0 Å². The predicted molar refractivity (Wildman–Crippen MR) is 78.8 cm³/mol. The molecule has 3 rings (SSSR count). The van der Waals surface area contributed by atoms with E-state index in [0.29, 0.717) is 12.3 Å². The van der Waals surface area contributed by atoms with Gasteiger partial charge >= 0.3 is 0 Å². The van der Waals surface area contributed by atoms with E-state index >= 15 is 0 Å². The summed E-state index contributed by atoms with van der Waals surface area (Å²) in [4.78, 5) is 14.6. The largest absolute Gasteiger partial charge is 0.379 e. The number of ketones is 1. The first-order valence-corrected chi connectivity index (χ1v) is 7.56. The van der Waals surface area contributed by atoms with Crippen molar-refractivity contribution in [3.63, 3.8) is 0 Å². The number of carbonyl (C=O) groups is 1. The molecule has 1 saturated carbocycles. The average molecular weight is 273 g/mol. The topological polar surface area (TPSA) is 29.5 Å². The second kappa shape index (κ2) is 5.66. The molecular weight excluding hydrogens is 250 g/mol. The first kappa shape index (κ1) is 13.8. The number of hydrogen-bond acceptors (Lipinski definition) is 3. The Labute approximate surface area is 120 Å². The van der Waals surface area contributed by atoms with Crippen LogP contribution < -0.4 is 0 Å². The van der Waals surface area contributed by atoms with Crippen molar-refractivity contribution in [3.8, 4) is 0 Å². The van der Waals surface area contributed by atoms with Crippen LogP contribution in [0.15, 0.2) is 30.3 Å². The van der Waals surface area contributed by atoms with E-state index in [0.717, 1.165) is 39.1 Å². The molecular formula is C17H23NO2. The first-order valence-electron chi connectivity index (χ1n) is 7.56. The minimum Gasteiger partial charge on any atom is -0.379 e. The molecule has 0 N–H and O–H groups in total.